The Kier molecular flexibility index (Phi) is 9.11. The Bertz CT molecular complexity index is 1820. The second-order valence-corrected chi connectivity index (χ2v) is 11.7. The van der Waals surface area contributed by atoms with Gasteiger partial charge in [-0.05, 0) is 92.3 Å². The zero-order valence-corrected chi connectivity index (χ0v) is 27.3. The van der Waals surface area contributed by atoms with Crippen molar-refractivity contribution in [1.82, 2.24) is 0 Å². The van der Waals surface area contributed by atoms with Gasteiger partial charge in [0.25, 0.3) is 0 Å². The van der Waals surface area contributed by atoms with Crippen LogP contribution in [0.3, 0.4) is 0 Å². The number of anilines is 2. The number of fused-ring (bicyclic) bond motifs is 2. The van der Waals surface area contributed by atoms with Crippen LogP contribution in [0.1, 0.15) is 0 Å². The fourth-order valence-corrected chi connectivity index (χ4v) is 5.88. The Labute approximate surface area is 271 Å². The van der Waals surface area contributed by atoms with E-state index >= 15 is 0 Å². The van der Waals surface area contributed by atoms with E-state index in [0.29, 0.717) is 0 Å². The minimum absolute atomic E-state index is 0.126. The molecule has 0 atom stereocenters. The number of hydrogen-bond acceptors (Lipinski definition) is 6. The van der Waals surface area contributed by atoms with Crippen molar-refractivity contribution in [3.8, 4) is 44.9 Å². The third-order valence-electron chi connectivity index (χ3n) is 8.31. The zero-order valence-electron chi connectivity index (χ0n) is 27.3. The summed E-state index contributed by atoms with van der Waals surface area (Å²) in [5.41, 5.74) is 8.84. The molecule has 0 heterocycles. The number of hydrogen-bond donors (Lipinski definition) is 0. The maximum Gasteiger partial charge on any atom is 0.188 e. The molecule has 6 aromatic rings. The Morgan fingerprint density at radius 3 is 1.15 bits per heavy atom. The van der Waals surface area contributed by atoms with Gasteiger partial charge >= 0.3 is 0 Å². The predicted octanol–water partition coefficient (Wildman–Crippen LogP) is 9.09. The van der Waals surface area contributed by atoms with Gasteiger partial charge in [-0.1, -0.05) is 60.7 Å². The van der Waals surface area contributed by atoms with E-state index in [0.717, 1.165) is 66.4 Å². The topological polar surface area (TPSA) is 43.4 Å². The molecule has 0 bridgehead atoms. The van der Waals surface area contributed by atoms with E-state index < -0.39 is 0 Å². The molecule has 234 valence electrons. The molecule has 0 N–H and O–H groups in total. The molecule has 6 aromatic carbocycles. The lowest BCUT2D eigenvalue weighted by molar-refractivity contribution is 0.0502. The Hall–Kier alpha value is -5.04. The summed E-state index contributed by atoms with van der Waals surface area (Å²) in [4.78, 5) is 4.21. The van der Waals surface area contributed by atoms with Crippen LogP contribution < -0.4 is 19.3 Å². The first kappa shape index (κ1) is 31.0. The highest BCUT2D eigenvalue weighted by Crippen LogP contribution is 2.46. The summed E-state index contributed by atoms with van der Waals surface area (Å²) in [6.45, 7) is 0.252. The van der Waals surface area contributed by atoms with Crippen LogP contribution in [0, 0.1) is 0 Å². The lowest BCUT2D eigenvalue weighted by Crippen LogP contribution is -2.07. The van der Waals surface area contributed by atoms with Gasteiger partial charge in [0.1, 0.15) is 11.5 Å². The second kappa shape index (κ2) is 13.5. The SMILES string of the molecule is COCOc1ccc2cc(-c3ccc(N(C)C)cc3)ccc2c1-c1c(OCOC)ccc2cc(-c3ccc(N(C)C)cc3)ccc12. The van der Waals surface area contributed by atoms with Crippen molar-refractivity contribution in [1.29, 1.82) is 0 Å². The molecule has 6 heteroatoms. The van der Waals surface area contributed by atoms with Gasteiger partial charge in [-0.25, -0.2) is 0 Å². The number of nitrogens with zero attached hydrogens (tertiary/aromatic N) is 2. The number of benzene rings is 6. The first-order valence-electron chi connectivity index (χ1n) is 15.3. The molecule has 0 aromatic heterocycles. The Morgan fingerprint density at radius 1 is 0.435 bits per heavy atom. The van der Waals surface area contributed by atoms with Crippen LogP contribution in [0.2, 0.25) is 0 Å². The molecule has 0 saturated heterocycles. The van der Waals surface area contributed by atoms with Crippen molar-refractivity contribution in [2.75, 3.05) is 65.8 Å². The molecule has 6 rings (SSSR count). The minimum Gasteiger partial charge on any atom is -0.467 e. The van der Waals surface area contributed by atoms with Crippen LogP contribution in [0.5, 0.6) is 11.5 Å². The van der Waals surface area contributed by atoms with Gasteiger partial charge in [0.15, 0.2) is 13.6 Å². The normalized spacial score (nSPS) is 11.2. The van der Waals surface area contributed by atoms with Gasteiger partial charge in [0.05, 0.1) is 0 Å². The van der Waals surface area contributed by atoms with Gasteiger partial charge in [0.2, 0.25) is 0 Å². The Morgan fingerprint density at radius 2 is 0.804 bits per heavy atom. The standard InChI is InChI=1S/C40H40N2O4/c1-41(2)33-15-7-27(8-16-33)29-11-19-35-31(23-29)13-21-37(45-25-43-5)39(35)40-36-20-12-30(28-9-17-34(18-10-28)42(3)4)24-32(36)14-22-38(40)46-26-44-6/h7-24H,25-26H2,1-6H3. The highest BCUT2D eigenvalue weighted by molar-refractivity contribution is 6.11. The van der Waals surface area contributed by atoms with Crippen molar-refractivity contribution in [2.24, 2.45) is 0 Å². The second-order valence-electron chi connectivity index (χ2n) is 11.7. The van der Waals surface area contributed by atoms with Crippen molar-refractivity contribution >= 4 is 32.9 Å². The van der Waals surface area contributed by atoms with Gasteiger partial charge in [0, 0.05) is 64.9 Å². The molecular weight excluding hydrogens is 572 g/mol. The summed E-state index contributed by atoms with van der Waals surface area (Å²) in [6.07, 6.45) is 0. The van der Waals surface area contributed by atoms with Gasteiger partial charge in [-0.15, -0.1) is 0 Å². The van der Waals surface area contributed by atoms with Gasteiger partial charge < -0.3 is 28.7 Å². The minimum atomic E-state index is 0.126. The lowest BCUT2D eigenvalue weighted by Gasteiger charge is -2.20. The first-order valence-corrected chi connectivity index (χ1v) is 15.3. The smallest absolute Gasteiger partial charge is 0.188 e. The molecule has 46 heavy (non-hydrogen) atoms. The summed E-state index contributed by atoms with van der Waals surface area (Å²) in [5, 5.41) is 4.31. The van der Waals surface area contributed by atoms with Crippen molar-refractivity contribution < 1.29 is 18.9 Å². The number of methoxy groups -OCH3 is 2. The van der Waals surface area contributed by atoms with E-state index in [1.54, 1.807) is 14.2 Å². The maximum atomic E-state index is 6.21. The van der Waals surface area contributed by atoms with E-state index in [1.807, 2.05) is 12.1 Å². The van der Waals surface area contributed by atoms with Crippen LogP contribution in [-0.4, -0.2) is 56.0 Å². The lowest BCUT2D eigenvalue weighted by atomic mass is 9.90. The molecule has 0 aliphatic heterocycles. The average molecular weight is 613 g/mol. The molecule has 0 radical (unpaired) electrons. The summed E-state index contributed by atoms with van der Waals surface area (Å²) < 4.78 is 23.1. The van der Waals surface area contributed by atoms with Crippen LogP contribution in [0.25, 0.3) is 54.9 Å². The van der Waals surface area contributed by atoms with Crippen molar-refractivity contribution in [2.45, 2.75) is 0 Å². The number of ether oxygens (including phenoxy) is 4. The molecule has 0 fully saturated rings. The van der Waals surface area contributed by atoms with Crippen LogP contribution >= 0.6 is 0 Å². The molecule has 0 saturated carbocycles. The van der Waals surface area contributed by atoms with Crippen LogP contribution in [0.4, 0.5) is 11.4 Å². The molecule has 6 nitrogen and oxygen atoms in total. The number of rotatable bonds is 11. The monoisotopic (exact) mass is 612 g/mol. The highest BCUT2D eigenvalue weighted by atomic mass is 16.7. The molecule has 0 aliphatic carbocycles. The van der Waals surface area contributed by atoms with E-state index in [4.69, 9.17) is 18.9 Å². The van der Waals surface area contributed by atoms with Crippen LogP contribution in [0.15, 0.2) is 109 Å². The van der Waals surface area contributed by atoms with E-state index in [2.05, 4.69) is 135 Å². The van der Waals surface area contributed by atoms with Crippen molar-refractivity contribution in [3.63, 3.8) is 0 Å². The molecule has 0 aliphatic rings. The molecule has 0 amide bonds. The summed E-state index contributed by atoms with van der Waals surface area (Å²) >= 11 is 0. The van der Waals surface area contributed by atoms with E-state index in [1.165, 1.54) is 11.4 Å². The third kappa shape index (κ3) is 6.23. The summed E-state index contributed by atoms with van der Waals surface area (Å²) in [7, 11) is 11.5. The van der Waals surface area contributed by atoms with E-state index in [9.17, 15) is 0 Å². The fraction of sp³-hybridized carbons (Fsp3) is 0.200. The maximum absolute atomic E-state index is 6.21. The third-order valence-corrected chi connectivity index (χ3v) is 8.31. The fourth-order valence-electron chi connectivity index (χ4n) is 5.88. The first-order chi connectivity index (χ1) is 22.4. The van der Waals surface area contributed by atoms with Crippen molar-refractivity contribution in [3.05, 3.63) is 109 Å². The average Bonchev–Trinajstić information content (AvgIpc) is 3.09. The molecule has 0 unspecified atom stereocenters. The molecular formula is C40H40N2O4. The highest BCUT2D eigenvalue weighted by Gasteiger charge is 2.20. The zero-order chi connectivity index (χ0) is 32.2. The summed E-state index contributed by atoms with van der Waals surface area (Å²) in [6, 6.07) is 38.7. The van der Waals surface area contributed by atoms with Crippen LogP contribution in [-0.2, 0) is 9.47 Å². The van der Waals surface area contributed by atoms with Gasteiger partial charge in [-0.3, -0.25) is 0 Å². The quantitative estimate of drug-likeness (QED) is 0.136. The van der Waals surface area contributed by atoms with E-state index in [-0.39, 0.29) is 13.6 Å². The molecule has 0 spiro atoms. The largest absolute Gasteiger partial charge is 0.467 e. The predicted molar refractivity (Wildman–Crippen MR) is 191 cm³/mol. The Balaban J connectivity index is 1.53. The van der Waals surface area contributed by atoms with Gasteiger partial charge in [-0.2, -0.15) is 0 Å². The summed E-state index contributed by atoms with van der Waals surface area (Å²) in [5.74, 6) is 1.44.